The van der Waals surface area contributed by atoms with Gasteiger partial charge < -0.3 is 29.4 Å². The van der Waals surface area contributed by atoms with Crippen molar-refractivity contribution < 1.29 is 28.8 Å². The molecule has 2 N–H and O–H groups in total. The van der Waals surface area contributed by atoms with Crippen LogP contribution in [-0.2, 0) is 22.5 Å². The second kappa shape index (κ2) is 17.8. The maximum absolute atomic E-state index is 13.0. The zero-order valence-corrected chi connectivity index (χ0v) is 25.6. The van der Waals surface area contributed by atoms with Gasteiger partial charge >= 0.3 is 0 Å². The summed E-state index contributed by atoms with van der Waals surface area (Å²) in [5, 5.41) is 14.0. The van der Waals surface area contributed by atoms with E-state index in [4.69, 9.17) is 18.9 Å². The highest BCUT2D eigenvalue weighted by Crippen LogP contribution is 2.32. The summed E-state index contributed by atoms with van der Waals surface area (Å²) in [5.41, 5.74) is 2.17. The lowest BCUT2D eigenvalue weighted by Gasteiger charge is -2.26. The summed E-state index contributed by atoms with van der Waals surface area (Å²) < 4.78 is 21.9. The number of carbonyl (C=O) groups excluding carboxylic acids is 1. The van der Waals surface area contributed by atoms with Gasteiger partial charge in [0, 0.05) is 32.6 Å². The maximum atomic E-state index is 13.0. The van der Waals surface area contributed by atoms with Gasteiger partial charge in [0.05, 0.1) is 26.9 Å². The predicted octanol–water partition coefficient (Wildman–Crippen LogP) is 6.05. The van der Waals surface area contributed by atoms with Crippen LogP contribution in [0.3, 0.4) is 0 Å². The third-order valence-electron chi connectivity index (χ3n) is 7.56. The fourth-order valence-corrected chi connectivity index (χ4v) is 4.92. The van der Waals surface area contributed by atoms with Gasteiger partial charge in [0.25, 0.3) is 0 Å². The lowest BCUT2D eigenvalue weighted by molar-refractivity contribution is -0.127. The topological polar surface area (TPSA) is 86.2 Å². The average Bonchev–Trinajstić information content (AvgIpc) is 2.94. The Morgan fingerprint density at radius 1 is 0.875 bits per heavy atom. The molecular formula is C33H51NO6. The van der Waals surface area contributed by atoms with Crippen LogP contribution in [0.2, 0.25) is 0 Å². The van der Waals surface area contributed by atoms with E-state index in [0.29, 0.717) is 44.4 Å². The van der Waals surface area contributed by atoms with Crippen molar-refractivity contribution in [1.29, 1.82) is 0 Å². The Morgan fingerprint density at radius 2 is 1.65 bits per heavy atom. The summed E-state index contributed by atoms with van der Waals surface area (Å²) in [4.78, 5) is 13.0. The van der Waals surface area contributed by atoms with Gasteiger partial charge in [0.1, 0.15) is 5.75 Å². The van der Waals surface area contributed by atoms with Crippen molar-refractivity contribution in [3.63, 3.8) is 0 Å². The summed E-state index contributed by atoms with van der Waals surface area (Å²) in [5.74, 6) is 2.94. The van der Waals surface area contributed by atoms with Gasteiger partial charge in [0.15, 0.2) is 11.5 Å². The Hall–Kier alpha value is -2.77. The minimum Gasteiger partial charge on any atom is -0.497 e. The Kier molecular flexibility index (Phi) is 14.9. The highest BCUT2D eigenvalue weighted by atomic mass is 16.5. The molecule has 3 atom stereocenters. The number of aliphatic hydroxyl groups is 1. The van der Waals surface area contributed by atoms with Gasteiger partial charge in [-0.3, -0.25) is 4.79 Å². The summed E-state index contributed by atoms with van der Waals surface area (Å²) in [6.07, 6.45) is 3.15. The number of amides is 1. The van der Waals surface area contributed by atoms with Crippen molar-refractivity contribution in [2.45, 2.75) is 72.4 Å². The van der Waals surface area contributed by atoms with E-state index in [1.54, 1.807) is 21.3 Å². The van der Waals surface area contributed by atoms with E-state index in [-0.39, 0.29) is 17.7 Å². The van der Waals surface area contributed by atoms with Crippen LogP contribution < -0.4 is 19.5 Å². The second-order valence-corrected chi connectivity index (χ2v) is 11.3. The summed E-state index contributed by atoms with van der Waals surface area (Å²) >= 11 is 0. The van der Waals surface area contributed by atoms with Crippen molar-refractivity contribution in [2.24, 2.45) is 23.7 Å². The Morgan fingerprint density at radius 3 is 2.30 bits per heavy atom. The molecule has 224 valence electrons. The summed E-state index contributed by atoms with van der Waals surface area (Å²) in [7, 11) is 4.97. The Bertz CT molecular complexity index is 1010. The molecule has 7 nitrogen and oxygen atoms in total. The van der Waals surface area contributed by atoms with Crippen molar-refractivity contribution in [3.8, 4) is 17.2 Å². The monoisotopic (exact) mass is 557 g/mol. The second-order valence-electron chi connectivity index (χ2n) is 11.3. The first-order valence-corrected chi connectivity index (χ1v) is 14.6. The molecule has 40 heavy (non-hydrogen) atoms. The molecule has 0 saturated carbocycles. The summed E-state index contributed by atoms with van der Waals surface area (Å²) in [6.45, 7) is 10.2. The predicted molar refractivity (Wildman–Crippen MR) is 160 cm³/mol. The first-order valence-electron chi connectivity index (χ1n) is 14.6. The lowest BCUT2D eigenvalue weighted by Crippen LogP contribution is -2.35. The first kappa shape index (κ1) is 33.4. The van der Waals surface area contributed by atoms with Crippen LogP contribution in [0.15, 0.2) is 42.5 Å². The number of hydrogen-bond donors (Lipinski definition) is 2. The quantitative estimate of drug-likeness (QED) is 0.204. The number of methoxy groups -OCH3 is 3. The number of carbonyl (C=O) groups is 1. The van der Waals surface area contributed by atoms with Crippen LogP contribution in [0.5, 0.6) is 17.2 Å². The molecule has 0 radical (unpaired) electrons. The number of aliphatic hydroxyl groups excluding tert-OH is 1. The number of benzene rings is 2. The standard InChI is InChI=1S/C33H51NO6/c1-23(2)27(18-25-12-15-31(39-7)32(20-25)40-17-9-16-37-5)13-14-28(35)21-30(24(3)4)33(36)34-22-26-10-8-11-29(19-26)38-6/h8,10-12,15,19-20,23-24,27-28,30,35H,9,13-14,16-18,21-22H2,1-7H3,(H,34,36)/t27-,28-,30+/m1/s1. The number of rotatable bonds is 19. The van der Waals surface area contributed by atoms with Crippen molar-refractivity contribution in [1.82, 2.24) is 5.32 Å². The molecule has 2 aromatic rings. The highest BCUT2D eigenvalue weighted by molar-refractivity contribution is 5.78. The zero-order chi connectivity index (χ0) is 29.5. The van der Waals surface area contributed by atoms with Crippen LogP contribution in [0.4, 0.5) is 0 Å². The molecule has 2 aromatic carbocycles. The minimum atomic E-state index is -0.535. The fraction of sp³-hybridized carbons (Fsp3) is 0.606. The Labute approximate surface area is 241 Å². The molecule has 1 amide bonds. The molecule has 0 heterocycles. The number of ether oxygens (including phenoxy) is 4. The average molecular weight is 558 g/mol. The third-order valence-corrected chi connectivity index (χ3v) is 7.56. The number of hydrogen-bond acceptors (Lipinski definition) is 6. The molecule has 0 aliphatic heterocycles. The van der Waals surface area contributed by atoms with Gasteiger partial charge in [0.2, 0.25) is 5.91 Å². The van der Waals surface area contributed by atoms with E-state index < -0.39 is 6.10 Å². The van der Waals surface area contributed by atoms with E-state index in [1.165, 1.54) is 5.56 Å². The van der Waals surface area contributed by atoms with Gasteiger partial charge in [-0.1, -0.05) is 45.9 Å². The SMILES string of the molecule is COCCCOc1cc(C[C@@H](CC[C@@H](O)C[C@H](C(=O)NCc2cccc(OC)c2)C(C)C)C(C)C)ccc1OC. The molecule has 0 aromatic heterocycles. The molecular weight excluding hydrogens is 506 g/mol. The van der Waals surface area contributed by atoms with Crippen molar-refractivity contribution in [3.05, 3.63) is 53.6 Å². The lowest BCUT2D eigenvalue weighted by atomic mass is 9.82. The fourth-order valence-electron chi connectivity index (χ4n) is 4.92. The van der Waals surface area contributed by atoms with E-state index in [0.717, 1.165) is 42.1 Å². The van der Waals surface area contributed by atoms with E-state index in [9.17, 15) is 9.90 Å². The van der Waals surface area contributed by atoms with Crippen LogP contribution in [0, 0.1) is 23.7 Å². The smallest absolute Gasteiger partial charge is 0.223 e. The molecule has 7 heteroatoms. The molecule has 0 aliphatic rings. The number of nitrogens with one attached hydrogen (secondary N) is 1. The first-order chi connectivity index (χ1) is 19.2. The minimum absolute atomic E-state index is 0.0199. The summed E-state index contributed by atoms with van der Waals surface area (Å²) in [6, 6.07) is 13.8. The van der Waals surface area contributed by atoms with Crippen LogP contribution in [0.25, 0.3) is 0 Å². The highest BCUT2D eigenvalue weighted by Gasteiger charge is 2.26. The van der Waals surface area contributed by atoms with Crippen molar-refractivity contribution in [2.75, 3.05) is 34.5 Å². The molecule has 2 rings (SSSR count). The molecule has 0 unspecified atom stereocenters. The van der Waals surface area contributed by atoms with Crippen LogP contribution in [-0.4, -0.2) is 51.7 Å². The van der Waals surface area contributed by atoms with Gasteiger partial charge in [-0.15, -0.1) is 0 Å². The molecule has 0 spiro atoms. The van der Waals surface area contributed by atoms with E-state index in [1.807, 2.05) is 44.2 Å². The van der Waals surface area contributed by atoms with Crippen molar-refractivity contribution >= 4 is 5.91 Å². The Balaban J connectivity index is 1.94. The molecule has 0 saturated heterocycles. The van der Waals surface area contributed by atoms with Crippen LogP contribution in [0.1, 0.15) is 64.5 Å². The van der Waals surface area contributed by atoms with E-state index >= 15 is 0 Å². The van der Waals surface area contributed by atoms with Gasteiger partial charge in [-0.2, -0.15) is 0 Å². The van der Waals surface area contributed by atoms with Crippen LogP contribution >= 0.6 is 0 Å². The molecule has 0 fully saturated rings. The maximum Gasteiger partial charge on any atom is 0.223 e. The molecule has 0 aliphatic carbocycles. The zero-order valence-electron chi connectivity index (χ0n) is 25.6. The normalized spacial score (nSPS) is 13.7. The largest absolute Gasteiger partial charge is 0.497 e. The van der Waals surface area contributed by atoms with Gasteiger partial charge in [-0.05, 0) is 78.8 Å². The van der Waals surface area contributed by atoms with Gasteiger partial charge in [-0.25, -0.2) is 0 Å². The van der Waals surface area contributed by atoms with E-state index in [2.05, 4.69) is 31.3 Å². The third kappa shape index (κ3) is 11.4. The molecule has 0 bridgehead atoms.